The summed E-state index contributed by atoms with van der Waals surface area (Å²) in [6.45, 7) is 9.49. The fourth-order valence-corrected chi connectivity index (χ4v) is 1.51. The van der Waals surface area contributed by atoms with Crippen molar-refractivity contribution in [3.63, 3.8) is 0 Å². The molecule has 0 aromatic heterocycles. The summed E-state index contributed by atoms with van der Waals surface area (Å²) in [7, 11) is 1.35. The van der Waals surface area contributed by atoms with Gasteiger partial charge in [-0.2, -0.15) is 0 Å². The zero-order valence-electron chi connectivity index (χ0n) is 9.69. The summed E-state index contributed by atoms with van der Waals surface area (Å²) < 4.78 is 4.65. The third-order valence-electron chi connectivity index (χ3n) is 2.50. The zero-order valence-corrected chi connectivity index (χ0v) is 9.69. The Morgan fingerprint density at radius 1 is 1.38 bits per heavy atom. The predicted octanol–water partition coefficient (Wildman–Crippen LogP) is 2.99. The summed E-state index contributed by atoms with van der Waals surface area (Å²) in [4.78, 5) is 11.4. The highest BCUT2D eigenvalue weighted by Gasteiger charge is 2.18. The van der Waals surface area contributed by atoms with E-state index in [0.29, 0.717) is 5.57 Å². The van der Waals surface area contributed by atoms with Crippen LogP contribution in [0.5, 0.6) is 0 Å². The first-order chi connectivity index (χ1) is 7.60. The minimum atomic E-state index is -0.398. The number of ether oxygens (including phenoxy) is 1. The Morgan fingerprint density at radius 3 is 2.38 bits per heavy atom. The van der Waals surface area contributed by atoms with E-state index < -0.39 is 5.97 Å². The van der Waals surface area contributed by atoms with Crippen LogP contribution in [0.3, 0.4) is 0 Å². The average molecular weight is 216 g/mol. The van der Waals surface area contributed by atoms with Crippen molar-refractivity contribution < 1.29 is 9.53 Å². The van der Waals surface area contributed by atoms with Gasteiger partial charge in [0, 0.05) is 11.5 Å². The second kappa shape index (κ2) is 5.31. The van der Waals surface area contributed by atoms with E-state index in [1.165, 1.54) is 12.7 Å². The van der Waals surface area contributed by atoms with Crippen molar-refractivity contribution in [1.82, 2.24) is 0 Å². The second-order valence-corrected chi connectivity index (χ2v) is 3.64. The molecule has 84 valence electrons. The molecule has 0 aliphatic heterocycles. The second-order valence-electron chi connectivity index (χ2n) is 3.64. The van der Waals surface area contributed by atoms with Gasteiger partial charge in [-0.05, 0) is 12.5 Å². The molecule has 0 saturated heterocycles. The number of methoxy groups -OCH3 is 1. The lowest BCUT2D eigenvalue weighted by Crippen LogP contribution is -2.10. The smallest absolute Gasteiger partial charge is 0.334 e. The van der Waals surface area contributed by atoms with Crippen LogP contribution < -0.4 is 0 Å². The van der Waals surface area contributed by atoms with Gasteiger partial charge >= 0.3 is 5.97 Å². The molecule has 0 fully saturated rings. The Labute approximate surface area is 96.2 Å². The number of hydrogen-bond acceptors (Lipinski definition) is 2. The monoisotopic (exact) mass is 216 g/mol. The van der Waals surface area contributed by atoms with E-state index in [4.69, 9.17) is 0 Å². The van der Waals surface area contributed by atoms with Gasteiger partial charge in [0.25, 0.3) is 0 Å². The molecule has 0 amide bonds. The van der Waals surface area contributed by atoms with Gasteiger partial charge in [0.2, 0.25) is 0 Å². The normalized spacial score (nSPS) is 11.6. The molecule has 0 aliphatic carbocycles. The van der Waals surface area contributed by atoms with E-state index in [1.54, 1.807) is 6.08 Å². The van der Waals surface area contributed by atoms with Crippen molar-refractivity contribution >= 4 is 5.97 Å². The van der Waals surface area contributed by atoms with Gasteiger partial charge in [0.1, 0.15) is 0 Å². The number of allylic oxidation sites excluding steroid dienone is 1. The van der Waals surface area contributed by atoms with Crippen LogP contribution in [0.2, 0.25) is 0 Å². The lowest BCUT2D eigenvalue weighted by atomic mass is 9.91. The fraction of sp³-hybridized carbons (Fsp3) is 0.214. The number of rotatable bonds is 4. The maximum Gasteiger partial charge on any atom is 0.334 e. The number of aryl methyl sites for hydroxylation is 1. The number of benzene rings is 1. The van der Waals surface area contributed by atoms with Crippen molar-refractivity contribution in [3.8, 4) is 0 Å². The van der Waals surface area contributed by atoms with E-state index in [1.807, 2.05) is 31.2 Å². The minimum absolute atomic E-state index is 0.187. The zero-order chi connectivity index (χ0) is 12.1. The molecule has 0 spiro atoms. The van der Waals surface area contributed by atoms with Gasteiger partial charge in [0.05, 0.1) is 7.11 Å². The standard InChI is InChI=1S/C14H16O2/c1-5-13(11(3)14(15)16-4)12-8-6-10(2)7-9-12/h5-9,13H,1,3H2,2,4H3/t13-/m1/s1. The van der Waals surface area contributed by atoms with Crippen LogP contribution in [0, 0.1) is 6.92 Å². The van der Waals surface area contributed by atoms with Gasteiger partial charge in [-0.1, -0.05) is 42.5 Å². The van der Waals surface area contributed by atoms with E-state index in [-0.39, 0.29) is 5.92 Å². The number of hydrogen-bond donors (Lipinski definition) is 0. The Balaban J connectivity index is 2.99. The number of carbonyl (C=O) groups excluding carboxylic acids is 1. The topological polar surface area (TPSA) is 26.3 Å². The van der Waals surface area contributed by atoms with Crippen LogP contribution in [-0.2, 0) is 9.53 Å². The van der Waals surface area contributed by atoms with Gasteiger partial charge in [0.15, 0.2) is 0 Å². The summed E-state index contributed by atoms with van der Waals surface area (Å²) in [6.07, 6.45) is 1.70. The van der Waals surface area contributed by atoms with Crippen LogP contribution in [0.4, 0.5) is 0 Å². The van der Waals surface area contributed by atoms with Gasteiger partial charge in [-0.25, -0.2) is 4.79 Å². The Bertz CT molecular complexity index is 401. The van der Waals surface area contributed by atoms with Crippen LogP contribution in [-0.4, -0.2) is 13.1 Å². The van der Waals surface area contributed by atoms with Crippen LogP contribution >= 0.6 is 0 Å². The molecule has 0 N–H and O–H groups in total. The Kier molecular flexibility index (Phi) is 4.06. The van der Waals surface area contributed by atoms with E-state index in [2.05, 4.69) is 17.9 Å². The molecule has 0 bridgehead atoms. The van der Waals surface area contributed by atoms with E-state index in [0.717, 1.165) is 5.56 Å². The van der Waals surface area contributed by atoms with Crippen LogP contribution in [0.25, 0.3) is 0 Å². The molecular weight excluding hydrogens is 200 g/mol. The molecule has 16 heavy (non-hydrogen) atoms. The van der Waals surface area contributed by atoms with Gasteiger partial charge in [-0.15, -0.1) is 6.58 Å². The molecule has 1 rings (SSSR count). The Hall–Kier alpha value is -1.83. The highest BCUT2D eigenvalue weighted by atomic mass is 16.5. The first-order valence-corrected chi connectivity index (χ1v) is 5.06. The average Bonchev–Trinajstić information content (AvgIpc) is 2.31. The molecule has 0 saturated carbocycles. The minimum Gasteiger partial charge on any atom is -0.466 e. The lowest BCUT2D eigenvalue weighted by Gasteiger charge is -2.14. The molecule has 0 radical (unpaired) electrons. The fourth-order valence-electron chi connectivity index (χ4n) is 1.51. The molecule has 0 aliphatic rings. The number of carbonyl (C=O) groups is 1. The maximum atomic E-state index is 11.4. The van der Waals surface area contributed by atoms with Crippen LogP contribution in [0.1, 0.15) is 17.0 Å². The molecule has 0 heterocycles. The maximum absolute atomic E-state index is 11.4. The van der Waals surface area contributed by atoms with E-state index >= 15 is 0 Å². The summed E-state index contributed by atoms with van der Waals surface area (Å²) in [5, 5.41) is 0. The summed E-state index contributed by atoms with van der Waals surface area (Å²) in [5.74, 6) is -0.585. The molecule has 1 aromatic carbocycles. The molecule has 2 nitrogen and oxygen atoms in total. The lowest BCUT2D eigenvalue weighted by molar-refractivity contribution is -0.136. The van der Waals surface area contributed by atoms with Gasteiger partial charge in [-0.3, -0.25) is 0 Å². The number of esters is 1. The summed E-state index contributed by atoms with van der Waals surface area (Å²) in [5.41, 5.74) is 2.58. The Morgan fingerprint density at radius 2 is 1.94 bits per heavy atom. The third kappa shape index (κ3) is 2.60. The van der Waals surface area contributed by atoms with Crippen molar-refractivity contribution in [2.75, 3.05) is 7.11 Å². The molecule has 0 unspecified atom stereocenters. The molecular formula is C14H16O2. The van der Waals surface area contributed by atoms with Gasteiger partial charge < -0.3 is 4.74 Å². The molecule has 2 heteroatoms. The molecule has 1 aromatic rings. The first kappa shape index (κ1) is 12.2. The van der Waals surface area contributed by atoms with Crippen LogP contribution in [0.15, 0.2) is 49.1 Å². The summed E-state index contributed by atoms with van der Waals surface area (Å²) in [6, 6.07) is 7.93. The van der Waals surface area contributed by atoms with Crippen molar-refractivity contribution in [1.29, 1.82) is 0 Å². The van der Waals surface area contributed by atoms with Crippen molar-refractivity contribution in [3.05, 3.63) is 60.2 Å². The third-order valence-corrected chi connectivity index (χ3v) is 2.50. The highest BCUT2D eigenvalue weighted by Crippen LogP contribution is 2.25. The van der Waals surface area contributed by atoms with Crippen molar-refractivity contribution in [2.45, 2.75) is 12.8 Å². The van der Waals surface area contributed by atoms with Crippen molar-refractivity contribution in [2.24, 2.45) is 0 Å². The summed E-state index contributed by atoms with van der Waals surface area (Å²) >= 11 is 0. The SMILES string of the molecule is C=C[C@H](C(=C)C(=O)OC)c1ccc(C)cc1. The quantitative estimate of drug-likeness (QED) is 0.439. The van der Waals surface area contributed by atoms with E-state index in [9.17, 15) is 4.79 Å². The first-order valence-electron chi connectivity index (χ1n) is 5.06. The molecule has 1 atom stereocenters. The highest BCUT2D eigenvalue weighted by molar-refractivity contribution is 5.89. The largest absolute Gasteiger partial charge is 0.466 e. The predicted molar refractivity (Wildman–Crippen MR) is 65.3 cm³/mol.